The molecule has 0 fully saturated rings. The van der Waals surface area contributed by atoms with Crippen LogP contribution in [0.1, 0.15) is 10.4 Å². The summed E-state index contributed by atoms with van der Waals surface area (Å²) in [4.78, 5) is 11.4. The van der Waals surface area contributed by atoms with E-state index >= 15 is 0 Å². The zero-order valence-electron chi connectivity index (χ0n) is 8.61. The molecule has 0 aliphatic rings. The van der Waals surface area contributed by atoms with Crippen LogP contribution in [0, 0.1) is 5.82 Å². The van der Waals surface area contributed by atoms with Gasteiger partial charge < -0.3 is 20.1 Å². The van der Waals surface area contributed by atoms with E-state index in [4.69, 9.17) is 10.0 Å². The number of halogens is 1. The van der Waals surface area contributed by atoms with E-state index in [9.17, 15) is 9.18 Å². The molecule has 1 rings (SSSR count). The van der Waals surface area contributed by atoms with Gasteiger partial charge in [0.2, 0.25) is 0 Å². The Bertz CT molecular complexity index is 386. The third-order valence-electron chi connectivity index (χ3n) is 1.91. The van der Waals surface area contributed by atoms with Crippen LogP contribution in [0.4, 0.5) is 4.39 Å². The van der Waals surface area contributed by atoms with Gasteiger partial charge >= 0.3 is 7.12 Å². The van der Waals surface area contributed by atoms with E-state index in [0.717, 1.165) is 12.1 Å². The van der Waals surface area contributed by atoms with Crippen molar-refractivity contribution >= 4 is 18.5 Å². The summed E-state index contributed by atoms with van der Waals surface area (Å²) in [6.07, 6.45) is 0. The highest BCUT2D eigenvalue weighted by Crippen LogP contribution is 2.01. The molecule has 7 heteroatoms. The highest BCUT2D eigenvalue weighted by atomic mass is 19.1. The van der Waals surface area contributed by atoms with Crippen LogP contribution in [0.3, 0.4) is 0 Å². The van der Waals surface area contributed by atoms with Crippen molar-refractivity contribution in [2.75, 3.05) is 13.8 Å². The second-order valence-corrected chi connectivity index (χ2v) is 3.05. The minimum absolute atomic E-state index is 0.0211. The van der Waals surface area contributed by atoms with E-state index in [2.05, 4.69) is 10.1 Å². The fourth-order valence-corrected chi connectivity index (χ4v) is 1.12. The number of carbonyl (C=O) groups is 1. The van der Waals surface area contributed by atoms with Crippen molar-refractivity contribution in [3.8, 4) is 0 Å². The Kier molecular flexibility index (Phi) is 4.42. The fraction of sp³-hybridized carbons (Fsp3) is 0.222. The number of hydrogen-bond donors (Lipinski definition) is 3. The zero-order valence-corrected chi connectivity index (χ0v) is 8.61. The average molecular weight is 227 g/mol. The van der Waals surface area contributed by atoms with Crippen LogP contribution in [0.5, 0.6) is 0 Å². The van der Waals surface area contributed by atoms with Crippen LogP contribution < -0.4 is 10.8 Å². The molecule has 86 valence electrons. The molecule has 0 saturated carbocycles. The van der Waals surface area contributed by atoms with Gasteiger partial charge in [0.05, 0.1) is 0 Å². The molecule has 5 nitrogen and oxygen atoms in total. The summed E-state index contributed by atoms with van der Waals surface area (Å²) in [5, 5.41) is 20.1. The third-order valence-corrected chi connectivity index (χ3v) is 1.91. The summed E-state index contributed by atoms with van der Waals surface area (Å²) in [7, 11) is -0.538. The Hall–Kier alpha value is -1.44. The lowest BCUT2D eigenvalue weighted by atomic mass is 9.79. The van der Waals surface area contributed by atoms with Gasteiger partial charge in [0, 0.05) is 18.1 Å². The van der Waals surface area contributed by atoms with Crippen molar-refractivity contribution in [1.29, 1.82) is 0 Å². The Morgan fingerprint density at radius 2 is 2.25 bits per heavy atom. The van der Waals surface area contributed by atoms with Crippen LogP contribution in [0.25, 0.3) is 0 Å². The van der Waals surface area contributed by atoms with Crippen LogP contribution in [0.15, 0.2) is 18.2 Å². The Balaban J connectivity index is 2.90. The van der Waals surface area contributed by atoms with Gasteiger partial charge in [-0.05, 0) is 18.2 Å². The molecule has 1 amide bonds. The lowest BCUT2D eigenvalue weighted by Gasteiger charge is -2.06. The Morgan fingerprint density at radius 1 is 1.56 bits per heavy atom. The summed E-state index contributed by atoms with van der Waals surface area (Å²) in [6.45, 7) is 0.0211. The maximum absolute atomic E-state index is 13.1. The van der Waals surface area contributed by atoms with Gasteiger partial charge in [-0.25, -0.2) is 4.39 Å². The van der Waals surface area contributed by atoms with E-state index in [1.165, 1.54) is 13.2 Å². The summed E-state index contributed by atoms with van der Waals surface area (Å²) in [5.41, 5.74) is -0.216. The van der Waals surface area contributed by atoms with Gasteiger partial charge in [-0.2, -0.15) is 0 Å². The second-order valence-electron chi connectivity index (χ2n) is 3.05. The SMILES string of the molecule is COCNC(=O)c1ccc(F)c(B(O)O)c1. The van der Waals surface area contributed by atoms with Gasteiger partial charge in [-0.1, -0.05) is 0 Å². The number of amides is 1. The van der Waals surface area contributed by atoms with Crippen LogP contribution in [0.2, 0.25) is 0 Å². The molecule has 1 aromatic carbocycles. The standard InChI is InChI=1S/C9H11BFNO4/c1-16-5-12-9(13)6-2-3-8(11)7(4-6)10(14)15/h2-4,14-15H,5H2,1H3,(H,12,13). The predicted octanol–water partition coefficient (Wildman–Crippen LogP) is -1.16. The lowest BCUT2D eigenvalue weighted by molar-refractivity contribution is 0.0872. The minimum atomic E-state index is -1.95. The molecular weight excluding hydrogens is 216 g/mol. The number of benzene rings is 1. The molecule has 0 heterocycles. The molecule has 0 aromatic heterocycles. The van der Waals surface area contributed by atoms with Crippen molar-refractivity contribution in [2.45, 2.75) is 0 Å². The van der Waals surface area contributed by atoms with Gasteiger partial charge in [0.1, 0.15) is 12.5 Å². The quantitative estimate of drug-likeness (QED) is 0.447. The van der Waals surface area contributed by atoms with E-state index in [0.29, 0.717) is 0 Å². The molecule has 0 atom stereocenters. The molecule has 0 saturated heterocycles. The number of nitrogens with one attached hydrogen (secondary N) is 1. The van der Waals surface area contributed by atoms with Gasteiger partial charge in [-0.3, -0.25) is 4.79 Å². The summed E-state index contributed by atoms with van der Waals surface area (Å²) in [5.74, 6) is -1.26. The van der Waals surface area contributed by atoms with Crippen molar-refractivity contribution in [2.24, 2.45) is 0 Å². The minimum Gasteiger partial charge on any atom is -0.423 e. The summed E-state index contributed by atoms with van der Waals surface area (Å²) < 4.78 is 17.7. The first-order valence-corrected chi connectivity index (χ1v) is 4.49. The van der Waals surface area contributed by atoms with Crippen LogP contribution >= 0.6 is 0 Å². The lowest BCUT2D eigenvalue weighted by Crippen LogP contribution is -2.34. The van der Waals surface area contributed by atoms with Gasteiger partial charge in [0.15, 0.2) is 0 Å². The van der Waals surface area contributed by atoms with Crippen LogP contribution in [-0.4, -0.2) is 36.9 Å². The highest BCUT2D eigenvalue weighted by Gasteiger charge is 2.18. The van der Waals surface area contributed by atoms with Gasteiger partial charge in [-0.15, -0.1) is 0 Å². The maximum Gasteiger partial charge on any atom is 0.491 e. The predicted molar refractivity (Wildman–Crippen MR) is 55.6 cm³/mol. The monoisotopic (exact) mass is 227 g/mol. The second kappa shape index (κ2) is 5.59. The largest absolute Gasteiger partial charge is 0.491 e. The topological polar surface area (TPSA) is 78.8 Å². The van der Waals surface area contributed by atoms with Crippen molar-refractivity contribution < 1.29 is 24.0 Å². The fourth-order valence-electron chi connectivity index (χ4n) is 1.12. The molecule has 1 aromatic rings. The van der Waals surface area contributed by atoms with E-state index in [-0.39, 0.29) is 17.8 Å². The number of ether oxygens (including phenoxy) is 1. The molecule has 0 bridgehead atoms. The highest BCUT2D eigenvalue weighted by molar-refractivity contribution is 6.58. The van der Waals surface area contributed by atoms with Crippen LogP contribution in [-0.2, 0) is 4.74 Å². The molecule has 16 heavy (non-hydrogen) atoms. The third kappa shape index (κ3) is 3.03. The summed E-state index contributed by atoms with van der Waals surface area (Å²) in [6, 6.07) is 3.31. The molecule has 0 unspecified atom stereocenters. The Labute approximate surface area is 92.0 Å². The van der Waals surface area contributed by atoms with Crippen molar-refractivity contribution in [3.05, 3.63) is 29.6 Å². The Morgan fingerprint density at radius 3 is 2.81 bits per heavy atom. The molecule has 0 aliphatic heterocycles. The average Bonchev–Trinajstić information content (AvgIpc) is 2.26. The smallest absolute Gasteiger partial charge is 0.423 e. The summed E-state index contributed by atoms with van der Waals surface area (Å²) >= 11 is 0. The molecule has 3 N–H and O–H groups in total. The normalized spacial score (nSPS) is 10.0. The van der Waals surface area contributed by atoms with Crippen molar-refractivity contribution in [1.82, 2.24) is 5.32 Å². The first kappa shape index (κ1) is 12.6. The number of methoxy groups -OCH3 is 1. The zero-order chi connectivity index (χ0) is 12.1. The number of carbonyl (C=O) groups excluding carboxylic acids is 1. The first-order valence-electron chi connectivity index (χ1n) is 4.49. The molecule has 0 spiro atoms. The first-order chi connectivity index (χ1) is 7.56. The van der Waals surface area contributed by atoms with Gasteiger partial charge in [0.25, 0.3) is 5.91 Å². The molecular formula is C9H11BFNO4. The molecule has 0 radical (unpaired) electrons. The molecule has 0 aliphatic carbocycles. The van der Waals surface area contributed by atoms with Crippen molar-refractivity contribution in [3.63, 3.8) is 0 Å². The number of rotatable bonds is 4. The van der Waals surface area contributed by atoms with E-state index < -0.39 is 18.8 Å². The van der Waals surface area contributed by atoms with E-state index in [1.54, 1.807) is 0 Å². The maximum atomic E-state index is 13.1. The number of hydrogen-bond acceptors (Lipinski definition) is 4. The van der Waals surface area contributed by atoms with E-state index in [1.807, 2.05) is 0 Å².